The minimum absolute atomic E-state index is 0.877. The fourth-order valence-corrected chi connectivity index (χ4v) is 1.99. The van der Waals surface area contributed by atoms with Gasteiger partial charge in [-0.15, -0.1) is 0 Å². The number of hydrogen-bond donors (Lipinski definition) is 1. The van der Waals surface area contributed by atoms with Crippen LogP contribution in [-0.2, 0) is 0 Å². The molecule has 0 bridgehead atoms. The normalized spacial score (nSPS) is 18.9. The fourth-order valence-electron chi connectivity index (χ4n) is 1.50. The second-order valence-electron chi connectivity index (χ2n) is 4.28. The summed E-state index contributed by atoms with van der Waals surface area (Å²) in [6.45, 7) is 3.61. The van der Waals surface area contributed by atoms with Crippen molar-refractivity contribution in [1.29, 1.82) is 0 Å². The lowest BCUT2D eigenvalue weighted by Crippen LogP contribution is -2.23. The molecule has 13 heavy (non-hydrogen) atoms. The Hall–Kier alpha value is 0.310. The highest BCUT2D eigenvalue weighted by Gasteiger charge is 2.20. The third kappa shape index (κ3) is 6.39. The molecule has 1 aliphatic carbocycles. The molecule has 0 aromatic rings. The highest BCUT2D eigenvalue weighted by molar-refractivity contribution is 7.98. The first-order chi connectivity index (χ1) is 6.33. The molecule has 1 atom stereocenters. The van der Waals surface area contributed by atoms with Crippen LogP contribution in [0.1, 0.15) is 39.0 Å². The molecule has 0 aromatic carbocycles. The molecule has 1 saturated carbocycles. The van der Waals surface area contributed by atoms with Gasteiger partial charge in [-0.2, -0.15) is 11.8 Å². The van der Waals surface area contributed by atoms with Gasteiger partial charge in [0, 0.05) is 6.04 Å². The Bertz CT molecular complexity index is 123. The summed E-state index contributed by atoms with van der Waals surface area (Å²) in [7, 11) is 0. The van der Waals surface area contributed by atoms with Crippen LogP contribution in [0.3, 0.4) is 0 Å². The van der Waals surface area contributed by atoms with E-state index in [0.717, 1.165) is 12.0 Å². The van der Waals surface area contributed by atoms with E-state index in [1.54, 1.807) is 0 Å². The summed E-state index contributed by atoms with van der Waals surface area (Å²) in [4.78, 5) is 0. The van der Waals surface area contributed by atoms with E-state index in [1.165, 1.54) is 44.4 Å². The van der Waals surface area contributed by atoms with Gasteiger partial charge in [-0.25, -0.2) is 0 Å². The number of rotatable bonds is 8. The zero-order valence-electron chi connectivity index (χ0n) is 9.01. The molecule has 0 spiro atoms. The Balaban J connectivity index is 1.81. The van der Waals surface area contributed by atoms with E-state index in [2.05, 4.69) is 18.5 Å². The van der Waals surface area contributed by atoms with E-state index in [-0.39, 0.29) is 0 Å². The molecule has 0 amide bonds. The molecule has 0 radical (unpaired) electrons. The van der Waals surface area contributed by atoms with Crippen molar-refractivity contribution < 1.29 is 0 Å². The van der Waals surface area contributed by atoms with Crippen LogP contribution in [0, 0.1) is 5.92 Å². The number of hydrogen-bond acceptors (Lipinski definition) is 2. The van der Waals surface area contributed by atoms with E-state index in [9.17, 15) is 0 Å². The Labute approximate surface area is 87.1 Å². The van der Waals surface area contributed by atoms with Crippen molar-refractivity contribution in [2.45, 2.75) is 45.1 Å². The summed E-state index contributed by atoms with van der Waals surface area (Å²) < 4.78 is 0. The van der Waals surface area contributed by atoms with Crippen LogP contribution in [0.4, 0.5) is 0 Å². The third-order valence-electron chi connectivity index (χ3n) is 2.63. The minimum Gasteiger partial charge on any atom is -0.314 e. The van der Waals surface area contributed by atoms with Gasteiger partial charge in [-0.05, 0) is 50.2 Å². The lowest BCUT2D eigenvalue weighted by Gasteiger charge is -2.11. The maximum absolute atomic E-state index is 3.59. The van der Waals surface area contributed by atoms with Crippen LogP contribution in [0.5, 0.6) is 0 Å². The second-order valence-corrected chi connectivity index (χ2v) is 5.26. The van der Waals surface area contributed by atoms with Gasteiger partial charge < -0.3 is 5.32 Å². The largest absolute Gasteiger partial charge is 0.314 e. The van der Waals surface area contributed by atoms with Crippen molar-refractivity contribution >= 4 is 11.8 Å². The van der Waals surface area contributed by atoms with E-state index in [1.807, 2.05) is 11.8 Å². The molecule has 1 unspecified atom stereocenters. The monoisotopic (exact) mass is 201 g/mol. The van der Waals surface area contributed by atoms with Gasteiger partial charge in [0.25, 0.3) is 0 Å². The molecule has 0 aromatic heterocycles. The van der Waals surface area contributed by atoms with Crippen LogP contribution < -0.4 is 5.32 Å². The summed E-state index contributed by atoms with van der Waals surface area (Å²) in [5.74, 6) is 2.21. The molecule has 1 nitrogen and oxygen atoms in total. The Morgan fingerprint density at radius 3 is 2.77 bits per heavy atom. The zero-order chi connectivity index (χ0) is 9.52. The lowest BCUT2D eigenvalue weighted by atomic mass is 10.0. The Morgan fingerprint density at radius 1 is 1.38 bits per heavy atom. The number of unbranched alkanes of at least 4 members (excludes halogenated alkanes) is 1. The average Bonchev–Trinajstić information content (AvgIpc) is 2.92. The summed E-state index contributed by atoms with van der Waals surface area (Å²) in [6.07, 6.45) is 9.24. The summed E-state index contributed by atoms with van der Waals surface area (Å²) in [6, 6.07) is 0.883. The molecule has 2 heteroatoms. The Morgan fingerprint density at radius 2 is 2.15 bits per heavy atom. The van der Waals surface area contributed by atoms with E-state index < -0.39 is 0 Å². The molecule has 1 fully saturated rings. The molecular weight excluding hydrogens is 178 g/mol. The fraction of sp³-hybridized carbons (Fsp3) is 1.00. The first-order valence-electron chi connectivity index (χ1n) is 5.55. The van der Waals surface area contributed by atoms with Crippen LogP contribution >= 0.6 is 11.8 Å². The first kappa shape index (κ1) is 11.4. The molecule has 78 valence electrons. The highest BCUT2D eigenvalue weighted by Crippen LogP contribution is 2.19. The van der Waals surface area contributed by atoms with Gasteiger partial charge in [0.05, 0.1) is 0 Å². The van der Waals surface area contributed by atoms with Gasteiger partial charge in [0.2, 0.25) is 0 Å². The van der Waals surface area contributed by atoms with Crippen LogP contribution in [0.25, 0.3) is 0 Å². The van der Waals surface area contributed by atoms with Crippen LogP contribution in [0.15, 0.2) is 0 Å². The van der Waals surface area contributed by atoms with Crippen molar-refractivity contribution in [3.05, 3.63) is 0 Å². The predicted molar refractivity (Wildman–Crippen MR) is 62.4 cm³/mol. The second kappa shape index (κ2) is 6.72. The van der Waals surface area contributed by atoms with Gasteiger partial charge in [0.1, 0.15) is 0 Å². The lowest BCUT2D eigenvalue weighted by molar-refractivity contribution is 0.463. The van der Waals surface area contributed by atoms with E-state index >= 15 is 0 Å². The molecule has 0 saturated heterocycles. The summed E-state index contributed by atoms with van der Waals surface area (Å²) in [5.41, 5.74) is 0. The van der Waals surface area contributed by atoms with Crippen molar-refractivity contribution in [2.24, 2.45) is 5.92 Å². The molecule has 0 aliphatic heterocycles. The van der Waals surface area contributed by atoms with Crippen molar-refractivity contribution in [1.82, 2.24) is 5.32 Å². The molecule has 1 N–H and O–H groups in total. The Kier molecular flexibility index (Phi) is 5.88. The van der Waals surface area contributed by atoms with Gasteiger partial charge >= 0.3 is 0 Å². The van der Waals surface area contributed by atoms with Gasteiger partial charge in [0.15, 0.2) is 0 Å². The maximum Gasteiger partial charge on any atom is 0.00683 e. The smallest absolute Gasteiger partial charge is 0.00683 e. The van der Waals surface area contributed by atoms with E-state index in [0.29, 0.717) is 0 Å². The summed E-state index contributed by atoms with van der Waals surface area (Å²) >= 11 is 1.97. The SMILES string of the molecule is CSCCCCC(C)CNC1CC1. The van der Waals surface area contributed by atoms with Crippen LogP contribution in [0.2, 0.25) is 0 Å². The average molecular weight is 201 g/mol. The molecule has 1 rings (SSSR count). The first-order valence-corrected chi connectivity index (χ1v) is 6.94. The van der Waals surface area contributed by atoms with Crippen molar-refractivity contribution in [2.75, 3.05) is 18.6 Å². The molecule has 0 heterocycles. The van der Waals surface area contributed by atoms with Gasteiger partial charge in [-0.3, -0.25) is 0 Å². The predicted octanol–water partition coefficient (Wildman–Crippen LogP) is 2.91. The topological polar surface area (TPSA) is 12.0 Å². The zero-order valence-corrected chi connectivity index (χ0v) is 9.83. The number of thioether (sulfide) groups is 1. The van der Waals surface area contributed by atoms with E-state index in [4.69, 9.17) is 0 Å². The number of nitrogens with one attached hydrogen (secondary N) is 1. The quantitative estimate of drug-likeness (QED) is 0.606. The van der Waals surface area contributed by atoms with Crippen LogP contribution in [-0.4, -0.2) is 24.6 Å². The third-order valence-corrected chi connectivity index (χ3v) is 3.32. The molecule has 1 aliphatic rings. The van der Waals surface area contributed by atoms with Crippen molar-refractivity contribution in [3.63, 3.8) is 0 Å². The minimum atomic E-state index is 0.877. The summed E-state index contributed by atoms with van der Waals surface area (Å²) in [5, 5.41) is 3.59. The standard InChI is InChI=1S/C11H23NS/c1-10(5-3-4-8-13-2)9-12-11-6-7-11/h10-12H,3-9H2,1-2H3. The highest BCUT2D eigenvalue weighted by atomic mass is 32.2. The maximum atomic E-state index is 3.59. The molecular formula is C11H23NS. The van der Waals surface area contributed by atoms with Crippen molar-refractivity contribution in [3.8, 4) is 0 Å². The van der Waals surface area contributed by atoms with Gasteiger partial charge in [-0.1, -0.05) is 13.3 Å².